The van der Waals surface area contributed by atoms with Crippen molar-refractivity contribution in [2.45, 2.75) is 17.3 Å². The van der Waals surface area contributed by atoms with Crippen LogP contribution in [0.15, 0.2) is 102 Å². The second kappa shape index (κ2) is 9.62. The molecule has 0 saturated heterocycles. The summed E-state index contributed by atoms with van der Waals surface area (Å²) < 4.78 is 2.17. The molecule has 5 rings (SSSR count). The number of hydrogen-bond acceptors (Lipinski definition) is 4. The van der Waals surface area contributed by atoms with Crippen molar-refractivity contribution in [3.8, 4) is 0 Å². The number of hydrogen-bond donors (Lipinski definition) is 0. The van der Waals surface area contributed by atoms with Crippen molar-refractivity contribution in [1.29, 1.82) is 0 Å². The van der Waals surface area contributed by atoms with Gasteiger partial charge in [0, 0.05) is 5.75 Å². The largest absolute Gasteiger partial charge is 0.305 e. The van der Waals surface area contributed by atoms with E-state index >= 15 is 0 Å². The Morgan fingerprint density at radius 1 is 0.719 bits per heavy atom. The summed E-state index contributed by atoms with van der Waals surface area (Å²) in [4.78, 5) is 14.1. The molecular formula is C27H22N4S. The third-order valence-corrected chi connectivity index (χ3v) is 6.20. The molecule has 0 fully saturated rings. The Hall–Kier alpha value is -3.70. The number of nitrogens with zero attached hydrogens (tertiary/aromatic N) is 4. The summed E-state index contributed by atoms with van der Waals surface area (Å²) in [7, 11) is 0. The minimum absolute atomic E-state index is 0.700. The number of fused-ring (bicyclic) bond motifs is 1. The molecule has 156 valence electrons. The Labute approximate surface area is 191 Å². The molecule has 2 heterocycles. The Kier molecular flexibility index (Phi) is 6.08. The molecule has 0 amide bonds. The Morgan fingerprint density at radius 2 is 1.38 bits per heavy atom. The molecule has 0 aliphatic carbocycles. The van der Waals surface area contributed by atoms with E-state index in [1.807, 2.05) is 30.3 Å². The van der Waals surface area contributed by atoms with E-state index in [-0.39, 0.29) is 0 Å². The van der Waals surface area contributed by atoms with Crippen molar-refractivity contribution in [1.82, 2.24) is 19.5 Å². The molecule has 0 unspecified atom stereocenters. The van der Waals surface area contributed by atoms with Gasteiger partial charge in [0.15, 0.2) is 5.65 Å². The van der Waals surface area contributed by atoms with Crippen LogP contribution < -0.4 is 0 Å². The lowest BCUT2D eigenvalue weighted by Crippen LogP contribution is -2.03. The van der Waals surface area contributed by atoms with Crippen LogP contribution >= 0.6 is 11.8 Å². The van der Waals surface area contributed by atoms with Crippen LogP contribution in [-0.4, -0.2) is 19.5 Å². The zero-order chi connectivity index (χ0) is 21.6. The van der Waals surface area contributed by atoms with E-state index < -0.39 is 0 Å². The quantitative estimate of drug-likeness (QED) is 0.221. The molecule has 5 heteroatoms. The fraction of sp³-hybridized carbons (Fsp3) is 0.0741. The molecule has 2 aromatic heterocycles. The molecule has 0 saturated carbocycles. The van der Waals surface area contributed by atoms with E-state index in [0.717, 1.165) is 33.3 Å². The first kappa shape index (κ1) is 20.2. The average Bonchev–Trinajstić information content (AvgIpc) is 3.21. The molecule has 0 N–H and O–H groups in total. The third kappa shape index (κ3) is 4.63. The standard InChI is InChI=1S/C27H22N4S/c1-4-10-21(11-5-1)16-17-24-30-25-26(31(24)18-22-12-6-2-7-13-22)28-20-29-27(25)32-19-23-14-8-3-9-15-23/h1-17,20H,18-19H2/b17-16+. The van der Waals surface area contributed by atoms with Crippen LogP contribution in [-0.2, 0) is 12.3 Å². The summed E-state index contributed by atoms with van der Waals surface area (Å²) in [5, 5.41) is 0.903. The maximum Gasteiger partial charge on any atom is 0.165 e. The van der Waals surface area contributed by atoms with Crippen molar-refractivity contribution in [3.05, 3.63) is 120 Å². The Bertz CT molecular complexity index is 1330. The highest BCUT2D eigenvalue weighted by molar-refractivity contribution is 7.98. The van der Waals surface area contributed by atoms with Crippen LogP contribution in [0.4, 0.5) is 0 Å². The van der Waals surface area contributed by atoms with E-state index in [9.17, 15) is 0 Å². The predicted octanol–water partition coefficient (Wildman–Crippen LogP) is 6.34. The normalized spacial score (nSPS) is 11.4. The van der Waals surface area contributed by atoms with Crippen LogP contribution in [0.2, 0.25) is 0 Å². The molecule has 0 bridgehead atoms. The summed E-state index contributed by atoms with van der Waals surface area (Å²) in [6.45, 7) is 0.700. The lowest BCUT2D eigenvalue weighted by Gasteiger charge is -2.07. The van der Waals surface area contributed by atoms with Crippen molar-refractivity contribution < 1.29 is 0 Å². The monoisotopic (exact) mass is 434 g/mol. The van der Waals surface area contributed by atoms with E-state index in [1.54, 1.807) is 18.1 Å². The predicted molar refractivity (Wildman–Crippen MR) is 132 cm³/mol. The highest BCUT2D eigenvalue weighted by Crippen LogP contribution is 2.28. The van der Waals surface area contributed by atoms with Gasteiger partial charge in [0.1, 0.15) is 22.7 Å². The van der Waals surface area contributed by atoms with Gasteiger partial charge in [-0.25, -0.2) is 15.0 Å². The molecule has 32 heavy (non-hydrogen) atoms. The summed E-state index contributed by atoms with van der Waals surface area (Å²) in [5.41, 5.74) is 5.30. The van der Waals surface area contributed by atoms with E-state index in [0.29, 0.717) is 6.54 Å². The van der Waals surface area contributed by atoms with Crippen molar-refractivity contribution in [2.24, 2.45) is 0 Å². The summed E-state index contributed by atoms with van der Waals surface area (Å²) in [6, 6.07) is 31.1. The molecule has 0 spiro atoms. The summed E-state index contributed by atoms with van der Waals surface area (Å²) in [6.07, 6.45) is 5.79. The fourth-order valence-electron chi connectivity index (χ4n) is 3.55. The number of benzene rings is 3. The second-order valence-electron chi connectivity index (χ2n) is 7.41. The first-order chi connectivity index (χ1) is 15.9. The van der Waals surface area contributed by atoms with Gasteiger partial charge >= 0.3 is 0 Å². The smallest absolute Gasteiger partial charge is 0.165 e. The molecule has 0 aliphatic rings. The van der Waals surface area contributed by atoms with Gasteiger partial charge < -0.3 is 4.57 Å². The highest BCUT2D eigenvalue weighted by atomic mass is 32.2. The van der Waals surface area contributed by atoms with Crippen molar-refractivity contribution in [2.75, 3.05) is 0 Å². The first-order valence-electron chi connectivity index (χ1n) is 10.5. The average molecular weight is 435 g/mol. The molecule has 5 aromatic rings. The summed E-state index contributed by atoms with van der Waals surface area (Å²) in [5.74, 6) is 1.71. The molecular weight excluding hydrogens is 412 g/mol. The maximum atomic E-state index is 4.97. The van der Waals surface area contributed by atoms with Gasteiger partial charge in [-0.15, -0.1) is 0 Å². The molecule has 4 nitrogen and oxygen atoms in total. The molecule has 0 radical (unpaired) electrons. The van der Waals surface area contributed by atoms with Gasteiger partial charge in [0.05, 0.1) is 6.54 Å². The maximum absolute atomic E-state index is 4.97. The highest BCUT2D eigenvalue weighted by Gasteiger charge is 2.15. The van der Waals surface area contributed by atoms with Crippen LogP contribution in [0.1, 0.15) is 22.5 Å². The number of imidazole rings is 1. The van der Waals surface area contributed by atoms with E-state index in [4.69, 9.17) is 4.98 Å². The summed E-state index contributed by atoms with van der Waals surface area (Å²) >= 11 is 1.69. The number of rotatable bonds is 7. The minimum Gasteiger partial charge on any atom is -0.305 e. The van der Waals surface area contributed by atoms with E-state index in [1.165, 1.54) is 11.1 Å². The Balaban J connectivity index is 1.54. The minimum atomic E-state index is 0.700. The van der Waals surface area contributed by atoms with Crippen LogP contribution in [0, 0.1) is 0 Å². The zero-order valence-electron chi connectivity index (χ0n) is 17.5. The van der Waals surface area contributed by atoms with Gasteiger partial charge in [-0.2, -0.15) is 0 Å². The lowest BCUT2D eigenvalue weighted by atomic mass is 10.2. The van der Waals surface area contributed by atoms with Crippen molar-refractivity contribution >= 4 is 35.1 Å². The molecule has 3 aromatic carbocycles. The lowest BCUT2D eigenvalue weighted by molar-refractivity contribution is 0.802. The third-order valence-electron chi connectivity index (χ3n) is 5.15. The first-order valence-corrected chi connectivity index (χ1v) is 11.5. The van der Waals surface area contributed by atoms with Gasteiger partial charge in [-0.1, -0.05) is 109 Å². The van der Waals surface area contributed by atoms with Gasteiger partial charge in [-0.3, -0.25) is 0 Å². The SMILES string of the molecule is C(=C\c1nc2c(SCc3ccccc3)ncnc2n1Cc1ccccc1)/c1ccccc1. The van der Waals surface area contributed by atoms with Crippen molar-refractivity contribution in [3.63, 3.8) is 0 Å². The van der Waals surface area contributed by atoms with Crippen LogP contribution in [0.5, 0.6) is 0 Å². The van der Waals surface area contributed by atoms with E-state index in [2.05, 4.69) is 87.4 Å². The fourth-order valence-corrected chi connectivity index (χ4v) is 4.44. The van der Waals surface area contributed by atoms with Crippen LogP contribution in [0.3, 0.4) is 0 Å². The topological polar surface area (TPSA) is 43.6 Å². The van der Waals surface area contributed by atoms with Gasteiger partial charge in [0.2, 0.25) is 0 Å². The Morgan fingerprint density at radius 3 is 2.09 bits per heavy atom. The van der Waals surface area contributed by atoms with Gasteiger partial charge in [0.25, 0.3) is 0 Å². The molecule has 0 atom stereocenters. The molecule has 0 aliphatic heterocycles. The zero-order valence-corrected chi connectivity index (χ0v) is 18.3. The van der Waals surface area contributed by atoms with Gasteiger partial charge in [-0.05, 0) is 22.8 Å². The second-order valence-corrected chi connectivity index (χ2v) is 8.38. The number of aromatic nitrogens is 4. The van der Waals surface area contributed by atoms with Crippen LogP contribution in [0.25, 0.3) is 23.3 Å². The number of thioether (sulfide) groups is 1.